The summed E-state index contributed by atoms with van der Waals surface area (Å²) in [4.78, 5) is 22.5. The maximum atomic E-state index is 11.9. The number of carbonyl (C=O) groups excluding carboxylic acids is 1. The van der Waals surface area contributed by atoms with Crippen molar-refractivity contribution in [2.75, 3.05) is 6.54 Å². The van der Waals surface area contributed by atoms with Gasteiger partial charge in [0.05, 0.1) is 5.92 Å². The molecule has 0 radical (unpaired) electrons. The van der Waals surface area contributed by atoms with E-state index in [0.717, 1.165) is 10.9 Å². The summed E-state index contributed by atoms with van der Waals surface area (Å²) in [6.07, 6.45) is 0. The third kappa shape index (κ3) is 2.76. The second-order valence-electron chi connectivity index (χ2n) is 4.55. The molecular formula is C14H15NO4. The van der Waals surface area contributed by atoms with Crippen LogP contribution in [0, 0.1) is 12.8 Å². The molecule has 5 nitrogen and oxygen atoms in total. The first-order valence-corrected chi connectivity index (χ1v) is 5.99. The maximum Gasteiger partial charge on any atom is 0.308 e. The highest BCUT2D eigenvalue weighted by Gasteiger charge is 2.16. The molecule has 1 aromatic carbocycles. The molecule has 1 heterocycles. The Bertz CT molecular complexity index is 629. The SMILES string of the molecule is Cc1cccc2cc(C(=O)NC[C@H](C)C(=O)O)oc12. The van der Waals surface area contributed by atoms with Gasteiger partial charge in [-0.2, -0.15) is 0 Å². The van der Waals surface area contributed by atoms with E-state index >= 15 is 0 Å². The van der Waals surface area contributed by atoms with Gasteiger partial charge in [0, 0.05) is 11.9 Å². The Labute approximate surface area is 110 Å². The summed E-state index contributed by atoms with van der Waals surface area (Å²) in [6, 6.07) is 7.31. The van der Waals surface area contributed by atoms with E-state index in [-0.39, 0.29) is 12.3 Å². The lowest BCUT2D eigenvalue weighted by Gasteiger charge is -2.06. The molecule has 0 bridgehead atoms. The van der Waals surface area contributed by atoms with Crippen LogP contribution in [0.15, 0.2) is 28.7 Å². The summed E-state index contributed by atoms with van der Waals surface area (Å²) in [6.45, 7) is 3.51. The number of para-hydroxylation sites is 1. The molecule has 1 aromatic heterocycles. The van der Waals surface area contributed by atoms with Gasteiger partial charge in [-0.3, -0.25) is 9.59 Å². The number of amides is 1. The van der Waals surface area contributed by atoms with Gasteiger partial charge in [0.2, 0.25) is 0 Å². The molecule has 0 aliphatic heterocycles. The zero-order valence-electron chi connectivity index (χ0n) is 10.8. The third-order valence-corrected chi connectivity index (χ3v) is 2.96. The molecule has 1 atom stereocenters. The summed E-state index contributed by atoms with van der Waals surface area (Å²) >= 11 is 0. The number of hydrogen-bond acceptors (Lipinski definition) is 3. The van der Waals surface area contributed by atoms with Gasteiger partial charge in [-0.1, -0.05) is 25.1 Å². The van der Waals surface area contributed by atoms with Crippen molar-refractivity contribution in [3.8, 4) is 0 Å². The summed E-state index contributed by atoms with van der Waals surface area (Å²) in [5, 5.41) is 12.1. The highest BCUT2D eigenvalue weighted by molar-refractivity contribution is 5.96. The molecule has 2 aromatic rings. The number of carboxylic acids is 1. The lowest BCUT2D eigenvalue weighted by Crippen LogP contribution is -2.31. The molecule has 0 unspecified atom stereocenters. The number of nitrogens with one attached hydrogen (secondary N) is 1. The predicted octanol–water partition coefficient (Wildman–Crippen LogP) is 2.19. The van der Waals surface area contributed by atoms with Crippen LogP contribution in [0.5, 0.6) is 0 Å². The Morgan fingerprint density at radius 1 is 1.42 bits per heavy atom. The number of benzene rings is 1. The van der Waals surface area contributed by atoms with Gasteiger partial charge in [0.25, 0.3) is 5.91 Å². The molecule has 19 heavy (non-hydrogen) atoms. The fourth-order valence-electron chi connectivity index (χ4n) is 1.74. The molecular weight excluding hydrogens is 246 g/mol. The van der Waals surface area contributed by atoms with Gasteiger partial charge in [0.15, 0.2) is 5.76 Å². The quantitative estimate of drug-likeness (QED) is 0.884. The standard InChI is InChI=1S/C14H15NO4/c1-8-4-3-5-10-6-11(19-12(8)10)13(16)15-7-9(2)14(17)18/h3-6,9H,7H2,1-2H3,(H,15,16)(H,17,18)/t9-/m0/s1. The smallest absolute Gasteiger partial charge is 0.308 e. The van der Waals surface area contributed by atoms with Crippen molar-refractivity contribution in [1.82, 2.24) is 5.32 Å². The molecule has 0 aliphatic rings. The minimum Gasteiger partial charge on any atom is -0.481 e. The van der Waals surface area contributed by atoms with Crippen molar-refractivity contribution in [3.63, 3.8) is 0 Å². The van der Waals surface area contributed by atoms with Crippen molar-refractivity contribution >= 4 is 22.8 Å². The first-order chi connectivity index (χ1) is 8.99. The van der Waals surface area contributed by atoms with Gasteiger partial charge in [-0.25, -0.2) is 0 Å². The van der Waals surface area contributed by atoms with Crippen LogP contribution < -0.4 is 5.32 Å². The minimum atomic E-state index is -0.944. The molecule has 5 heteroatoms. The zero-order valence-corrected chi connectivity index (χ0v) is 10.8. The van der Waals surface area contributed by atoms with E-state index in [4.69, 9.17) is 9.52 Å². The van der Waals surface area contributed by atoms with Crippen LogP contribution >= 0.6 is 0 Å². The van der Waals surface area contributed by atoms with E-state index in [0.29, 0.717) is 5.58 Å². The van der Waals surface area contributed by atoms with E-state index in [9.17, 15) is 9.59 Å². The Morgan fingerprint density at radius 2 is 2.16 bits per heavy atom. The van der Waals surface area contributed by atoms with Crippen LogP contribution in [0.25, 0.3) is 11.0 Å². The average molecular weight is 261 g/mol. The fourth-order valence-corrected chi connectivity index (χ4v) is 1.74. The molecule has 0 saturated carbocycles. The van der Waals surface area contributed by atoms with E-state index in [1.54, 1.807) is 6.07 Å². The molecule has 0 aliphatic carbocycles. The second kappa shape index (κ2) is 5.14. The highest BCUT2D eigenvalue weighted by Crippen LogP contribution is 2.22. The van der Waals surface area contributed by atoms with Crippen molar-refractivity contribution < 1.29 is 19.1 Å². The van der Waals surface area contributed by atoms with Crippen LogP contribution in [0.4, 0.5) is 0 Å². The van der Waals surface area contributed by atoms with E-state index in [1.807, 2.05) is 25.1 Å². The number of rotatable bonds is 4. The number of fused-ring (bicyclic) bond motifs is 1. The van der Waals surface area contributed by atoms with Crippen LogP contribution in [0.3, 0.4) is 0 Å². The topological polar surface area (TPSA) is 79.5 Å². The van der Waals surface area contributed by atoms with Crippen LogP contribution in [-0.4, -0.2) is 23.5 Å². The summed E-state index contributed by atoms with van der Waals surface area (Å²) in [5.41, 5.74) is 1.63. The Kier molecular flexibility index (Phi) is 3.55. The van der Waals surface area contributed by atoms with E-state index in [1.165, 1.54) is 6.92 Å². The minimum absolute atomic E-state index is 0.0736. The summed E-state index contributed by atoms with van der Waals surface area (Å²) < 4.78 is 5.49. The third-order valence-electron chi connectivity index (χ3n) is 2.96. The van der Waals surface area contributed by atoms with E-state index in [2.05, 4.69) is 5.32 Å². The second-order valence-corrected chi connectivity index (χ2v) is 4.55. The van der Waals surface area contributed by atoms with Crippen molar-refractivity contribution in [2.24, 2.45) is 5.92 Å². The number of hydrogen-bond donors (Lipinski definition) is 2. The van der Waals surface area contributed by atoms with Crippen LogP contribution in [0.1, 0.15) is 23.0 Å². The van der Waals surface area contributed by atoms with Crippen molar-refractivity contribution in [2.45, 2.75) is 13.8 Å². The Morgan fingerprint density at radius 3 is 2.79 bits per heavy atom. The Balaban J connectivity index is 2.14. The van der Waals surface area contributed by atoms with Gasteiger partial charge < -0.3 is 14.8 Å². The number of furan rings is 1. The van der Waals surface area contributed by atoms with E-state index < -0.39 is 17.8 Å². The number of aryl methyl sites for hydroxylation is 1. The van der Waals surface area contributed by atoms with Crippen molar-refractivity contribution in [3.05, 3.63) is 35.6 Å². The normalized spacial score (nSPS) is 12.3. The predicted molar refractivity (Wildman–Crippen MR) is 70.1 cm³/mol. The average Bonchev–Trinajstić information content (AvgIpc) is 2.80. The summed E-state index contributed by atoms with van der Waals surface area (Å²) in [7, 11) is 0. The molecule has 2 rings (SSSR count). The summed E-state index contributed by atoms with van der Waals surface area (Å²) in [5.74, 6) is -1.78. The molecule has 0 saturated heterocycles. The molecule has 2 N–H and O–H groups in total. The molecule has 0 fully saturated rings. The van der Waals surface area contributed by atoms with Gasteiger partial charge in [-0.05, 0) is 18.6 Å². The van der Waals surface area contributed by atoms with Crippen molar-refractivity contribution in [1.29, 1.82) is 0 Å². The molecule has 100 valence electrons. The molecule has 1 amide bonds. The number of carboxylic acid groups (broad SMARTS) is 1. The highest BCUT2D eigenvalue weighted by atomic mass is 16.4. The van der Waals surface area contributed by atoms with Gasteiger partial charge >= 0.3 is 5.97 Å². The van der Waals surface area contributed by atoms with Gasteiger partial charge in [0.1, 0.15) is 5.58 Å². The Hall–Kier alpha value is -2.30. The monoisotopic (exact) mass is 261 g/mol. The van der Waals surface area contributed by atoms with Crippen LogP contribution in [0.2, 0.25) is 0 Å². The van der Waals surface area contributed by atoms with Gasteiger partial charge in [-0.15, -0.1) is 0 Å². The first kappa shape index (κ1) is 13.1. The zero-order chi connectivity index (χ0) is 14.0. The molecule has 0 spiro atoms. The number of carbonyl (C=O) groups is 2. The lowest BCUT2D eigenvalue weighted by molar-refractivity contribution is -0.140. The van der Waals surface area contributed by atoms with Crippen LogP contribution in [-0.2, 0) is 4.79 Å². The lowest BCUT2D eigenvalue weighted by atomic mass is 10.2. The largest absolute Gasteiger partial charge is 0.481 e. The number of aliphatic carboxylic acids is 1. The first-order valence-electron chi connectivity index (χ1n) is 5.99. The fraction of sp³-hybridized carbons (Fsp3) is 0.286. The maximum absolute atomic E-state index is 11.9.